The molecule has 140 valence electrons. The molecule has 9 heteroatoms. The fourth-order valence-electron chi connectivity index (χ4n) is 3.00. The van der Waals surface area contributed by atoms with Crippen molar-refractivity contribution in [1.82, 2.24) is 30.5 Å². The molecule has 1 aliphatic heterocycles. The second kappa shape index (κ2) is 7.93. The van der Waals surface area contributed by atoms with Crippen LogP contribution in [-0.2, 0) is 11.3 Å². The quantitative estimate of drug-likeness (QED) is 0.701. The normalized spacial score (nSPS) is 17.7. The zero-order valence-electron chi connectivity index (χ0n) is 14.9. The molecule has 1 saturated heterocycles. The van der Waals surface area contributed by atoms with Crippen molar-refractivity contribution in [2.24, 2.45) is 0 Å². The summed E-state index contributed by atoms with van der Waals surface area (Å²) in [5.74, 6) is -0.280. The highest BCUT2D eigenvalue weighted by Gasteiger charge is 2.25. The van der Waals surface area contributed by atoms with Gasteiger partial charge >= 0.3 is 0 Å². The Hall–Kier alpha value is -2.65. The van der Waals surface area contributed by atoms with Crippen LogP contribution in [0.1, 0.15) is 41.3 Å². The maximum Gasteiger partial charge on any atom is 0.273 e. The van der Waals surface area contributed by atoms with E-state index in [4.69, 9.17) is 4.74 Å². The van der Waals surface area contributed by atoms with Gasteiger partial charge in [0.05, 0.1) is 24.9 Å². The number of aromatic nitrogens is 5. The van der Waals surface area contributed by atoms with Gasteiger partial charge in [-0.05, 0) is 19.8 Å². The van der Waals surface area contributed by atoms with Crippen LogP contribution >= 0.6 is 11.3 Å². The molecule has 1 N–H and O–H groups in total. The van der Waals surface area contributed by atoms with Crippen LogP contribution in [0.5, 0.6) is 0 Å². The third-order valence-corrected chi connectivity index (χ3v) is 5.52. The maximum atomic E-state index is 12.4. The molecular weight excluding hydrogens is 364 g/mol. The Morgan fingerprint density at radius 1 is 1.33 bits per heavy atom. The van der Waals surface area contributed by atoms with E-state index in [1.54, 1.807) is 10.9 Å². The Labute approximate surface area is 160 Å². The first-order valence-electron chi connectivity index (χ1n) is 8.90. The van der Waals surface area contributed by atoms with Gasteiger partial charge in [0.2, 0.25) is 0 Å². The van der Waals surface area contributed by atoms with Crippen molar-refractivity contribution in [3.05, 3.63) is 47.2 Å². The summed E-state index contributed by atoms with van der Waals surface area (Å²) in [6.45, 7) is 3.11. The van der Waals surface area contributed by atoms with E-state index in [0.29, 0.717) is 6.54 Å². The Kier molecular flexibility index (Phi) is 5.21. The number of hydrogen-bond acceptors (Lipinski definition) is 7. The summed E-state index contributed by atoms with van der Waals surface area (Å²) in [5, 5.41) is 20.8. The van der Waals surface area contributed by atoms with E-state index in [9.17, 15) is 4.79 Å². The molecule has 0 spiro atoms. The predicted molar refractivity (Wildman–Crippen MR) is 100 cm³/mol. The number of hydrogen-bond donors (Lipinski definition) is 1. The third-order valence-electron chi connectivity index (χ3n) is 4.55. The van der Waals surface area contributed by atoms with Crippen LogP contribution in [0.3, 0.4) is 0 Å². The number of nitrogens with zero attached hydrogens (tertiary/aromatic N) is 5. The van der Waals surface area contributed by atoms with Crippen LogP contribution in [0.2, 0.25) is 0 Å². The van der Waals surface area contributed by atoms with Gasteiger partial charge in [0, 0.05) is 12.2 Å². The molecule has 0 radical (unpaired) electrons. The first-order valence-corrected chi connectivity index (χ1v) is 9.72. The third kappa shape index (κ3) is 4.04. The number of nitrogens with one attached hydrogen (secondary N) is 1. The van der Waals surface area contributed by atoms with Gasteiger partial charge in [-0.2, -0.15) is 0 Å². The average molecular weight is 384 g/mol. The smallest absolute Gasteiger partial charge is 0.273 e. The number of rotatable bonds is 6. The van der Waals surface area contributed by atoms with Crippen molar-refractivity contribution in [2.75, 3.05) is 6.61 Å². The van der Waals surface area contributed by atoms with Gasteiger partial charge in [-0.3, -0.25) is 4.79 Å². The van der Waals surface area contributed by atoms with Crippen molar-refractivity contribution in [3.8, 4) is 10.6 Å². The van der Waals surface area contributed by atoms with E-state index in [0.717, 1.165) is 35.0 Å². The first kappa shape index (κ1) is 17.7. The lowest BCUT2D eigenvalue weighted by Crippen LogP contribution is -2.23. The van der Waals surface area contributed by atoms with Gasteiger partial charge in [0.25, 0.3) is 5.91 Å². The van der Waals surface area contributed by atoms with Crippen LogP contribution in [0.4, 0.5) is 0 Å². The van der Waals surface area contributed by atoms with Crippen LogP contribution < -0.4 is 5.32 Å². The van der Waals surface area contributed by atoms with Gasteiger partial charge < -0.3 is 10.1 Å². The lowest BCUT2D eigenvalue weighted by atomic mass is 10.1. The number of amides is 1. The number of ether oxygens (including phenoxy) is 1. The minimum Gasteiger partial charge on any atom is -0.376 e. The second-order valence-electron chi connectivity index (χ2n) is 6.43. The fourth-order valence-corrected chi connectivity index (χ4v) is 3.79. The minimum atomic E-state index is -0.280. The highest BCUT2D eigenvalue weighted by atomic mass is 32.1. The van der Waals surface area contributed by atoms with Crippen LogP contribution in [0.25, 0.3) is 10.6 Å². The molecule has 8 nitrogen and oxygen atoms in total. The van der Waals surface area contributed by atoms with Crippen molar-refractivity contribution in [1.29, 1.82) is 0 Å². The van der Waals surface area contributed by atoms with Crippen LogP contribution in [0, 0.1) is 0 Å². The van der Waals surface area contributed by atoms with E-state index in [1.807, 2.05) is 37.3 Å². The highest BCUT2D eigenvalue weighted by molar-refractivity contribution is 7.14. The molecule has 1 amide bonds. The largest absolute Gasteiger partial charge is 0.376 e. The second-order valence-corrected chi connectivity index (χ2v) is 7.49. The van der Waals surface area contributed by atoms with Gasteiger partial charge in [0.15, 0.2) is 5.69 Å². The van der Waals surface area contributed by atoms with E-state index >= 15 is 0 Å². The summed E-state index contributed by atoms with van der Waals surface area (Å²) in [6, 6.07) is 9.89. The molecule has 2 aromatic heterocycles. The zero-order chi connectivity index (χ0) is 18.6. The molecule has 3 heterocycles. The van der Waals surface area contributed by atoms with Gasteiger partial charge in [0.1, 0.15) is 10.0 Å². The Balaban J connectivity index is 1.35. The number of carbonyl (C=O) groups excluding carboxylic acids is 1. The molecule has 2 atom stereocenters. The monoisotopic (exact) mass is 384 g/mol. The first-order chi connectivity index (χ1) is 13.2. The van der Waals surface area contributed by atoms with Crippen LogP contribution in [-0.4, -0.2) is 43.8 Å². The van der Waals surface area contributed by atoms with Gasteiger partial charge in [-0.25, -0.2) is 4.68 Å². The van der Waals surface area contributed by atoms with Crippen molar-refractivity contribution in [3.63, 3.8) is 0 Å². The summed E-state index contributed by atoms with van der Waals surface area (Å²) < 4.78 is 7.38. The number of benzene rings is 1. The summed E-state index contributed by atoms with van der Waals surface area (Å²) in [7, 11) is 0. The zero-order valence-corrected chi connectivity index (χ0v) is 15.7. The molecular formula is C18H20N6O2S. The van der Waals surface area contributed by atoms with Crippen LogP contribution in [0.15, 0.2) is 36.5 Å². The Bertz CT molecular complexity index is 903. The van der Waals surface area contributed by atoms with Gasteiger partial charge in [-0.15, -0.1) is 15.3 Å². The van der Waals surface area contributed by atoms with E-state index in [2.05, 4.69) is 25.8 Å². The predicted octanol–water partition coefficient (Wildman–Crippen LogP) is 2.47. The highest BCUT2D eigenvalue weighted by Crippen LogP contribution is 2.24. The van der Waals surface area contributed by atoms with Crippen molar-refractivity contribution in [2.45, 2.75) is 38.5 Å². The molecule has 1 fully saturated rings. The standard InChI is InChI=1S/C18H20N6O2S/c1-12(15-8-5-9-26-15)24-11-14(20-23-24)17(25)19-10-16-21-22-18(27-16)13-6-3-2-4-7-13/h2-4,6-7,11-12,15H,5,8-10H2,1H3,(H,19,25). The lowest BCUT2D eigenvalue weighted by Gasteiger charge is -2.17. The van der Waals surface area contributed by atoms with Crippen molar-refractivity contribution >= 4 is 17.2 Å². The lowest BCUT2D eigenvalue weighted by molar-refractivity contribution is 0.0684. The molecule has 0 saturated carbocycles. The molecule has 3 aromatic rings. The molecule has 1 aliphatic rings. The molecule has 4 rings (SSSR count). The van der Waals surface area contributed by atoms with E-state index in [1.165, 1.54) is 11.3 Å². The van der Waals surface area contributed by atoms with Crippen molar-refractivity contribution < 1.29 is 9.53 Å². The average Bonchev–Trinajstić information content (AvgIpc) is 3.48. The van der Waals surface area contributed by atoms with Gasteiger partial charge in [-0.1, -0.05) is 46.9 Å². The molecule has 2 unspecified atom stereocenters. The van der Waals surface area contributed by atoms with E-state index in [-0.39, 0.29) is 23.7 Å². The topological polar surface area (TPSA) is 94.8 Å². The summed E-state index contributed by atoms with van der Waals surface area (Å²) in [4.78, 5) is 12.4. The summed E-state index contributed by atoms with van der Waals surface area (Å²) >= 11 is 1.46. The minimum absolute atomic E-state index is 0.0538. The SMILES string of the molecule is CC(C1CCCO1)n1cc(C(=O)NCc2nnc(-c3ccccc3)s2)nn1. The Morgan fingerprint density at radius 2 is 2.19 bits per heavy atom. The maximum absolute atomic E-state index is 12.4. The number of carbonyl (C=O) groups is 1. The molecule has 27 heavy (non-hydrogen) atoms. The molecule has 0 bridgehead atoms. The molecule has 0 aliphatic carbocycles. The van der Waals surface area contributed by atoms with E-state index < -0.39 is 0 Å². The summed E-state index contributed by atoms with van der Waals surface area (Å²) in [5.41, 5.74) is 1.30. The Morgan fingerprint density at radius 3 is 2.96 bits per heavy atom. The summed E-state index contributed by atoms with van der Waals surface area (Å²) in [6.07, 6.45) is 3.85. The fraction of sp³-hybridized carbons (Fsp3) is 0.389. The molecule has 1 aromatic carbocycles.